The zero-order valence-electron chi connectivity index (χ0n) is 50.6. The van der Waals surface area contributed by atoms with Gasteiger partial charge in [-0.2, -0.15) is 0 Å². The first kappa shape index (κ1) is 73.2. The van der Waals surface area contributed by atoms with Crippen molar-refractivity contribution in [2.75, 3.05) is 40.9 Å². The lowest BCUT2D eigenvalue weighted by Crippen LogP contribution is -2.47. The normalized spacial score (nSPS) is 13.9. The number of unbranched alkanes of at least 4 members (excludes halogenated alkanes) is 39. The van der Waals surface area contributed by atoms with E-state index in [9.17, 15) is 19.0 Å². The highest BCUT2D eigenvalue weighted by molar-refractivity contribution is 7.47. The van der Waals surface area contributed by atoms with Crippen LogP contribution in [0.4, 0.5) is 0 Å². The van der Waals surface area contributed by atoms with Crippen molar-refractivity contribution in [3.05, 3.63) is 36.5 Å². The van der Waals surface area contributed by atoms with E-state index in [0.29, 0.717) is 23.9 Å². The molecule has 0 aromatic carbocycles. The van der Waals surface area contributed by atoms with Gasteiger partial charge in [-0.05, 0) is 83.1 Å². The lowest BCUT2D eigenvalue weighted by molar-refractivity contribution is -0.870. The molecule has 0 spiro atoms. The molecule has 0 aliphatic heterocycles. The smallest absolute Gasteiger partial charge is 0.456 e. The van der Waals surface area contributed by atoms with Gasteiger partial charge in [0, 0.05) is 12.8 Å². The summed E-state index contributed by atoms with van der Waals surface area (Å²) in [5.74, 6) is -0.512. The number of ether oxygens (including phenoxy) is 1. The Morgan fingerprint density at radius 3 is 1.15 bits per heavy atom. The van der Waals surface area contributed by atoms with E-state index in [1.807, 2.05) is 33.3 Å². The number of nitrogens with one attached hydrogen (secondary N) is 1. The number of allylic oxidation sites excluding steroid dienone is 5. The molecule has 3 atom stereocenters. The summed E-state index contributed by atoms with van der Waals surface area (Å²) in [7, 11) is 1.50. The van der Waals surface area contributed by atoms with Crippen LogP contribution in [0.15, 0.2) is 36.5 Å². The van der Waals surface area contributed by atoms with Gasteiger partial charge in [-0.1, -0.05) is 257 Å². The molecule has 0 aromatic rings. The molecule has 0 fully saturated rings. The topological polar surface area (TPSA) is 111 Å². The van der Waals surface area contributed by atoms with E-state index in [1.54, 1.807) is 0 Å². The van der Waals surface area contributed by atoms with Crippen molar-refractivity contribution in [1.82, 2.24) is 5.32 Å². The highest BCUT2D eigenvalue weighted by Crippen LogP contribution is 2.43. The molecule has 2 N–H and O–H groups in total. The van der Waals surface area contributed by atoms with Gasteiger partial charge < -0.3 is 19.4 Å². The Labute approximate surface area is 466 Å². The van der Waals surface area contributed by atoms with Crippen LogP contribution >= 0.6 is 7.82 Å². The van der Waals surface area contributed by atoms with Gasteiger partial charge in [-0.3, -0.25) is 18.6 Å². The van der Waals surface area contributed by atoms with E-state index in [1.165, 1.54) is 212 Å². The Bertz CT molecular complexity index is 1380. The molecular formula is C65H126N2O7P+. The highest BCUT2D eigenvalue weighted by atomic mass is 31.2. The van der Waals surface area contributed by atoms with E-state index in [-0.39, 0.29) is 25.1 Å². The third-order valence-electron chi connectivity index (χ3n) is 14.6. The standard InChI is InChI=1S/C65H125N2O7P/c1-7-10-13-16-19-22-25-27-28-29-30-31-32-33-34-35-36-37-38-40-43-46-49-52-55-58-65(69)74-63(56-53-50-47-44-41-24-21-18-15-12-9-3)62(61-73-75(70,71)72-60-59-67(4,5)6)66-64(68)57-54-51-48-45-42-39-26-23-20-17-14-11-8-2/h27-28,39,42,53,56,62-63H,7-26,29-38,40-41,43-52,54-55,57-61H2,1-6H3,(H-,66,68,70,71)/p+1/b28-27+,42-39-,56-53-. The summed E-state index contributed by atoms with van der Waals surface area (Å²) in [5, 5.41) is 3.05. The SMILES string of the molecule is CCCCCCCC/C=C\CCCCCC(=O)NC(COP(=O)(O)OCC[N+](C)(C)C)C(/C=C\CCCCCCCCCCC)OC(=O)CCCCCCCCCCCCCCCCC/C=C/CCCCCCCC. The van der Waals surface area contributed by atoms with E-state index in [0.717, 1.165) is 70.6 Å². The number of hydrogen-bond acceptors (Lipinski definition) is 6. The van der Waals surface area contributed by atoms with Crippen molar-refractivity contribution in [1.29, 1.82) is 0 Å². The van der Waals surface area contributed by atoms with Crippen molar-refractivity contribution in [2.24, 2.45) is 0 Å². The van der Waals surface area contributed by atoms with Crippen molar-refractivity contribution in [3.63, 3.8) is 0 Å². The average molecular weight is 1080 g/mol. The fourth-order valence-electron chi connectivity index (χ4n) is 9.52. The minimum absolute atomic E-state index is 0.0396. The molecule has 0 radical (unpaired) electrons. The summed E-state index contributed by atoms with van der Waals surface area (Å²) in [5.41, 5.74) is 0. The van der Waals surface area contributed by atoms with E-state index in [4.69, 9.17) is 13.8 Å². The quantitative estimate of drug-likeness (QED) is 0.0205. The minimum Gasteiger partial charge on any atom is -0.456 e. The van der Waals surface area contributed by atoms with E-state index < -0.39 is 20.0 Å². The molecule has 0 aliphatic carbocycles. The second kappa shape index (κ2) is 55.5. The molecule has 442 valence electrons. The number of hydrogen-bond donors (Lipinski definition) is 2. The van der Waals surface area contributed by atoms with Gasteiger partial charge in [-0.25, -0.2) is 4.57 Å². The van der Waals surface area contributed by atoms with Crippen LogP contribution in [-0.2, 0) is 27.9 Å². The molecule has 0 aliphatic rings. The number of carbonyl (C=O) groups is 2. The minimum atomic E-state index is -4.45. The van der Waals surface area contributed by atoms with E-state index >= 15 is 0 Å². The predicted octanol–water partition coefficient (Wildman–Crippen LogP) is 19.9. The maximum absolute atomic E-state index is 13.5. The van der Waals surface area contributed by atoms with Crippen LogP contribution in [-0.4, -0.2) is 74.3 Å². The summed E-state index contributed by atoms with van der Waals surface area (Å²) in [4.78, 5) is 37.6. The largest absolute Gasteiger partial charge is 0.472 e. The molecule has 75 heavy (non-hydrogen) atoms. The van der Waals surface area contributed by atoms with Gasteiger partial charge in [0.2, 0.25) is 5.91 Å². The maximum atomic E-state index is 13.5. The monoisotopic (exact) mass is 1080 g/mol. The summed E-state index contributed by atoms with van der Waals surface area (Å²) in [6, 6.07) is -0.852. The lowest BCUT2D eigenvalue weighted by atomic mass is 10.0. The Hall–Kier alpha value is -1.77. The number of nitrogens with zero attached hydrogens (tertiary/aromatic N) is 1. The zero-order chi connectivity index (χ0) is 55.0. The Kier molecular flexibility index (Phi) is 54.2. The van der Waals surface area contributed by atoms with Gasteiger partial charge in [-0.15, -0.1) is 0 Å². The van der Waals surface area contributed by atoms with Crippen molar-refractivity contribution in [3.8, 4) is 0 Å². The molecule has 0 rings (SSSR count). The van der Waals surface area contributed by atoms with Crippen LogP contribution in [0.5, 0.6) is 0 Å². The van der Waals surface area contributed by atoms with Crippen molar-refractivity contribution >= 4 is 19.7 Å². The molecular weight excluding hydrogens is 952 g/mol. The first-order valence-corrected chi connectivity index (χ1v) is 33.8. The molecule has 9 nitrogen and oxygen atoms in total. The van der Waals surface area contributed by atoms with Crippen LogP contribution in [0.3, 0.4) is 0 Å². The number of amides is 1. The number of phosphoric ester groups is 1. The summed E-state index contributed by atoms with van der Waals surface area (Å²) in [6.07, 6.45) is 67.3. The van der Waals surface area contributed by atoms with Crippen molar-refractivity contribution in [2.45, 2.75) is 328 Å². The fraction of sp³-hybridized carbons (Fsp3) is 0.877. The molecule has 0 saturated carbocycles. The second-order valence-corrected chi connectivity index (χ2v) is 24.7. The summed E-state index contributed by atoms with van der Waals surface area (Å²) < 4.78 is 30.7. The number of likely N-dealkylation sites (N-methyl/N-ethyl adjacent to an activating group) is 1. The van der Waals surface area contributed by atoms with Crippen molar-refractivity contribution < 1.29 is 37.3 Å². The molecule has 3 unspecified atom stereocenters. The number of quaternary nitrogens is 1. The van der Waals surface area contributed by atoms with Gasteiger partial charge in [0.15, 0.2) is 0 Å². The third kappa shape index (κ3) is 56.8. The molecule has 0 saturated heterocycles. The highest BCUT2D eigenvalue weighted by Gasteiger charge is 2.30. The molecule has 0 heterocycles. The van der Waals surface area contributed by atoms with Crippen LogP contribution in [0, 0.1) is 0 Å². The number of phosphoric acid groups is 1. The summed E-state index contributed by atoms with van der Waals surface area (Å²) >= 11 is 0. The second-order valence-electron chi connectivity index (χ2n) is 23.3. The average Bonchev–Trinajstić information content (AvgIpc) is 3.37. The van der Waals surface area contributed by atoms with Gasteiger partial charge >= 0.3 is 13.8 Å². The lowest BCUT2D eigenvalue weighted by Gasteiger charge is -2.27. The Morgan fingerprint density at radius 2 is 0.773 bits per heavy atom. The van der Waals surface area contributed by atoms with Crippen LogP contribution in [0.1, 0.15) is 316 Å². The molecule has 0 bridgehead atoms. The first-order chi connectivity index (χ1) is 36.4. The Morgan fingerprint density at radius 1 is 0.453 bits per heavy atom. The predicted molar refractivity (Wildman–Crippen MR) is 323 cm³/mol. The first-order valence-electron chi connectivity index (χ1n) is 32.3. The molecule has 10 heteroatoms. The van der Waals surface area contributed by atoms with Gasteiger partial charge in [0.05, 0.1) is 33.8 Å². The number of carbonyl (C=O) groups excluding carboxylic acids is 2. The summed E-state index contributed by atoms with van der Waals surface area (Å²) in [6.45, 7) is 7.01. The fourth-order valence-corrected chi connectivity index (χ4v) is 10.3. The van der Waals surface area contributed by atoms with Gasteiger partial charge in [0.25, 0.3) is 0 Å². The van der Waals surface area contributed by atoms with E-state index in [2.05, 4.69) is 50.4 Å². The maximum Gasteiger partial charge on any atom is 0.472 e. The number of esters is 1. The molecule has 0 aromatic heterocycles. The van der Waals surface area contributed by atoms with Crippen LogP contribution in [0.2, 0.25) is 0 Å². The van der Waals surface area contributed by atoms with Gasteiger partial charge in [0.1, 0.15) is 19.3 Å². The molecule has 1 amide bonds. The van der Waals surface area contributed by atoms with Crippen LogP contribution < -0.4 is 5.32 Å². The zero-order valence-corrected chi connectivity index (χ0v) is 51.5. The van der Waals surface area contributed by atoms with Crippen LogP contribution in [0.25, 0.3) is 0 Å². The third-order valence-corrected chi connectivity index (χ3v) is 15.5. The number of rotatable bonds is 59. The Balaban J connectivity index is 5.03.